The van der Waals surface area contributed by atoms with E-state index in [1.807, 2.05) is 48.5 Å². The van der Waals surface area contributed by atoms with Crippen LogP contribution in [0.5, 0.6) is 0 Å². The highest BCUT2D eigenvalue weighted by Crippen LogP contribution is 2.36. The molecule has 0 radical (unpaired) electrons. The number of nitrogens with two attached hydrogens (primary N) is 1. The third-order valence-electron chi connectivity index (χ3n) is 4.34. The molecule has 2 aromatic rings. The number of carbonyl (C=O) groups is 2. The van der Waals surface area contributed by atoms with Crippen molar-refractivity contribution in [2.75, 3.05) is 7.05 Å². The summed E-state index contributed by atoms with van der Waals surface area (Å²) in [6, 6.07) is 16.7. The van der Waals surface area contributed by atoms with E-state index < -0.39 is 11.9 Å². The summed E-state index contributed by atoms with van der Waals surface area (Å²) >= 11 is 0. The first kappa shape index (κ1) is 15.3. The van der Waals surface area contributed by atoms with Crippen LogP contribution < -0.4 is 5.73 Å². The van der Waals surface area contributed by atoms with Crippen LogP contribution in [0.25, 0.3) is 11.1 Å². The molecular formula is C19H20N2O2. The monoisotopic (exact) mass is 308 g/mol. The molecule has 23 heavy (non-hydrogen) atoms. The van der Waals surface area contributed by atoms with Crippen molar-refractivity contribution in [1.82, 2.24) is 4.90 Å². The van der Waals surface area contributed by atoms with E-state index in [9.17, 15) is 9.59 Å². The van der Waals surface area contributed by atoms with E-state index in [0.29, 0.717) is 5.56 Å². The summed E-state index contributed by atoms with van der Waals surface area (Å²) < 4.78 is 0. The van der Waals surface area contributed by atoms with Crippen molar-refractivity contribution in [3.8, 4) is 11.1 Å². The molecule has 3 rings (SSSR count). The fourth-order valence-electron chi connectivity index (χ4n) is 3.01. The van der Waals surface area contributed by atoms with Gasteiger partial charge >= 0.3 is 0 Å². The zero-order valence-corrected chi connectivity index (χ0v) is 13.1. The Balaban J connectivity index is 1.95. The molecule has 2 aromatic carbocycles. The minimum absolute atomic E-state index is 0.167. The van der Waals surface area contributed by atoms with Crippen molar-refractivity contribution in [3.05, 3.63) is 60.2 Å². The molecule has 0 aliphatic heterocycles. The summed E-state index contributed by atoms with van der Waals surface area (Å²) in [5.74, 6) is -0.397. The van der Waals surface area contributed by atoms with Gasteiger partial charge in [-0.3, -0.25) is 9.59 Å². The second-order valence-corrected chi connectivity index (χ2v) is 6.01. The number of hydrogen-bond donors (Lipinski definition) is 1. The van der Waals surface area contributed by atoms with Gasteiger partial charge in [-0.05, 0) is 36.0 Å². The van der Waals surface area contributed by atoms with Crippen LogP contribution in [0.15, 0.2) is 54.6 Å². The molecule has 0 heterocycles. The van der Waals surface area contributed by atoms with Gasteiger partial charge in [-0.25, -0.2) is 0 Å². The van der Waals surface area contributed by atoms with E-state index in [4.69, 9.17) is 5.73 Å². The molecule has 2 amide bonds. The number of hydrogen-bond acceptors (Lipinski definition) is 2. The van der Waals surface area contributed by atoms with Crippen molar-refractivity contribution in [2.24, 2.45) is 11.7 Å². The molecule has 1 saturated carbocycles. The number of likely N-dealkylation sites (N-methyl/N-ethyl adjacent to an activating group) is 1. The lowest BCUT2D eigenvalue weighted by Crippen LogP contribution is -2.47. The number of amides is 2. The Morgan fingerprint density at radius 1 is 1.04 bits per heavy atom. The average molecular weight is 308 g/mol. The number of benzene rings is 2. The fourth-order valence-corrected chi connectivity index (χ4v) is 3.01. The molecule has 0 saturated heterocycles. The second-order valence-electron chi connectivity index (χ2n) is 6.01. The van der Waals surface area contributed by atoms with Gasteiger partial charge in [0.05, 0.1) is 0 Å². The number of nitrogens with zero attached hydrogens (tertiary/aromatic N) is 1. The van der Waals surface area contributed by atoms with Gasteiger partial charge in [0.2, 0.25) is 5.91 Å². The van der Waals surface area contributed by atoms with Gasteiger partial charge in [-0.2, -0.15) is 0 Å². The van der Waals surface area contributed by atoms with Crippen molar-refractivity contribution < 1.29 is 9.59 Å². The Labute approximate surface area is 135 Å². The zero-order valence-electron chi connectivity index (χ0n) is 13.1. The normalized spacial score (nSPS) is 15.0. The van der Waals surface area contributed by atoms with Gasteiger partial charge in [0.15, 0.2) is 0 Å². The maximum atomic E-state index is 12.9. The van der Waals surface area contributed by atoms with Crippen LogP contribution in [0.4, 0.5) is 0 Å². The van der Waals surface area contributed by atoms with E-state index in [1.54, 1.807) is 13.1 Å². The minimum atomic E-state index is -0.522. The van der Waals surface area contributed by atoms with Gasteiger partial charge in [0, 0.05) is 12.6 Å². The third-order valence-corrected chi connectivity index (χ3v) is 4.34. The Kier molecular flexibility index (Phi) is 4.15. The molecular weight excluding hydrogens is 288 g/mol. The van der Waals surface area contributed by atoms with Gasteiger partial charge in [0.1, 0.15) is 6.04 Å². The van der Waals surface area contributed by atoms with E-state index in [-0.39, 0.29) is 11.8 Å². The van der Waals surface area contributed by atoms with Crippen molar-refractivity contribution in [1.29, 1.82) is 0 Å². The maximum Gasteiger partial charge on any atom is 0.254 e. The highest BCUT2D eigenvalue weighted by Gasteiger charge is 2.40. The number of primary amides is 1. The molecule has 118 valence electrons. The molecule has 2 N–H and O–H groups in total. The molecule has 1 atom stereocenters. The van der Waals surface area contributed by atoms with Crippen molar-refractivity contribution >= 4 is 11.8 Å². The standard InChI is InChI=1S/C19H20N2O2/c1-21(17(18(20)22)14-11-12-14)19(23)16-10-6-5-9-15(16)13-7-3-2-4-8-13/h2-10,14,17H,11-12H2,1H3,(H2,20,22). The summed E-state index contributed by atoms with van der Waals surface area (Å²) in [7, 11) is 1.66. The van der Waals surface area contributed by atoms with E-state index in [0.717, 1.165) is 24.0 Å². The smallest absolute Gasteiger partial charge is 0.254 e. The fraction of sp³-hybridized carbons (Fsp3) is 0.263. The Morgan fingerprint density at radius 3 is 2.26 bits per heavy atom. The lowest BCUT2D eigenvalue weighted by atomic mass is 9.98. The highest BCUT2D eigenvalue weighted by molar-refractivity contribution is 6.02. The summed E-state index contributed by atoms with van der Waals surface area (Å²) in [6.45, 7) is 0. The van der Waals surface area contributed by atoms with E-state index >= 15 is 0 Å². The van der Waals surface area contributed by atoms with Gasteiger partial charge in [-0.15, -0.1) is 0 Å². The average Bonchev–Trinajstić information content (AvgIpc) is 3.39. The largest absolute Gasteiger partial charge is 0.368 e. The van der Waals surface area contributed by atoms with Crippen molar-refractivity contribution in [2.45, 2.75) is 18.9 Å². The SMILES string of the molecule is CN(C(=O)c1ccccc1-c1ccccc1)C(C(N)=O)C1CC1. The summed E-state index contributed by atoms with van der Waals surface area (Å²) in [6.07, 6.45) is 1.90. The lowest BCUT2D eigenvalue weighted by molar-refractivity contribution is -0.122. The minimum Gasteiger partial charge on any atom is -0.368 e. The van der Waals surface area contributed by atoms with E-state index in [1.165, 1.54) is 4.90 Å². The molecule has 0 spiro atoms. The molecule has 0 aromatic heterocycles. The van der Waals surface area contributed by atoms with Crippen LogP contribution in [0.1, 0.15) is 23.2 Å². The Morgan fingerprint density at radius 2 is 1.65 bits per heavy atom. The van der Waals surface area contributed by atoms with Crippen LogP contribution in [-0.4, -0.2) is 29.8 Å². The Hall–Kier alpha value is -2.62. The predicted octanol–water partition coefficient (Wildman–Crippen LogP) is 2.69. The number of rotatable bonds is 5. The highest BCUT2D eigenvalue weighted by atomic mass is 16.2. The van der Waals surface area contributed by atoms with Gasteiger partial charge in [-0.1, -0.05) is 48.5 Å². The molecule has 0 bridgehead atoms. The third kappa shape index (κ3) is 3.11. The molecule has 1 fully saturated rings. The first-order valence-corrected chi connectivity index (χ1v) is 7.80. The molecule has 1 aliphatic rings. The number of carbonyl (C=O) groups excluding carboxylic acids is 2. The molecule has 4 nitrogen and oxygen atoms in total. The molecule has 1 aliphatic carbocycles. The first-order chi connectivity index (χ1) is 11.1. The lowest BCUT2D eigenvalue weighted by Gasteiger charge is -2.26. The van der Waals surface area contributed by atoms with Gasteiger partial charge < -0.3 is 10.6 Å². The summed E-state index contributed by atoms with van der Waals surface area (Å²) in [5.41, 5.74) is 7.95. The quantitative estimate of drug-likeness (QED) is 0.923. The maximum absolute atomic E-state index is 12.9. The van der Waals surface area contributed by atoms with Crippen molar-refractivity contribution in [3.63, 3.8) is 0 Å². The Bertz CT molecular complexity index is 723. The summed E-state index contributed by atoms with van der Waals surface area (Å²) in [5, 5.41) is 0. The van der Waals surface area contributed by atoms with Crippen LogP contribution in [0.2, 0.25) is 0 Å². The van der Waals surface area contributed by atoms with Gasteiger partial charge in [0.25, 0.3) is 5.91 Å². The van der Waals surface area contributed by atoms with Crippen LogP contribution in [-0.2, 0) is 4.79 Å². The zero-order chi connectivity index (χ0) is 16.4. The van der Waals surface area contributed by atoms with E-state index in [2.05, 4.69) is 0 Å². The summed E-state index contributed by atoms with van der Waals surface area (Å²) in [4.78, 5) is 26.2. The second kappa shape index (κ2) is 6.24. The first-order valence-electron chi connectivity index (χ1n) is 7.80. The van der Waals surface area contributed by atoms with Crippen LogP contribution in [0.3, 0.4) is 0 Å². The van der Waals surface area contributed by atoms with Crippen LogP contribution >= 0.6 is 0 Å². The van der Waals surface area contributed by atoms with Crippen LogP contribution in [0, 0.1) is 5.92 Å². The molecule has 4 heteroatoms. The topological polar surface area (TPSA) is 63.4 Å². The predicted molar refractivity (Wildman–Crippen MR) is 89.7 cm³/mol. The molecule has 1 unspecified atom stereocenters.